The molecule has 0 saturated carbocycles. The molecule has 1 heterocycles. The van der Waals surface area contributed by atoms with E-state index in [1.165, 1.54) is 5.57 Å². The summed E-state index contributed by atoms with van der Waals surface area (Å²) in [6, 6.07) is 0. The molecule has 1 aliphatic rings. The van der Waals surface area contributed by atoms with Gasteiger partial charge in [-0.05, 0) is 6.42 Å². The minimum atomic E-state index is 0.972. The Morgan fingerprint density at radius 2 is 2.12 bits per heavy atom. The molecule has 0 aromatic heterocycles. The summed E-state index contributed by atoms with van der Waals surface area (Å²) in [6.07, 6.45) is 2.08. The molecule has 1 rings (SSSR count). The van der Waals surface area contributed by atoms with Crippen LogP contribution in [0, 0.1) is 0 Å². The van der Waals surface area contributed by atoms with Gasteiger partial charge in [0, 0.05) is 18.7 Å². The first kappa shape index (κ1) is 5.42. The van der Waals surface area contributed by atoms with E-state index < -0.39 is 0 Å². The van der Waals surface area contributed by atoms with E-state index in [1.807, 2.05) is 0 Å². The van der Waals surface area contributed by atoms with Crippen molar-refractivity contribution in [2.75, 3.05) is 6.54 Å². The number of hydrogen-bond acceptors (Lipinski definition) is 1. The molecule has 1 N–H and O–H groups in total. The molecule has 0 aliphatic carbocycles. The van der Waals surface area contributed by atoms with E-state index in [0.717, 1.165) is 25.1 Å². The van der Waals surface area contributed by atoms with E-state index in [9.17, 15) is 0 Å². The van der Waals surface area contributed by atoms with Gasteiger partial charge in [-0.25, -0.2) is 0 Å². The van der Waals surface area contributed by atoms with Crippen LogP contribution in [0.25, 0.3) is 0 Å². The lowest BCUT2D eigenvalue weighted by Gasteiger charge is -2.16. The van der Waals surface area contributed by atoms with Crippen molar-refractivity contribution in [3.05, 3.63) is 24.4 Å². The number of hydrogen-bond donors (Lipinski definition) is 1. The highest BCUT2D eigenvalue weighted by Gasteiger charge is 2.03. The van der Waals surface area contributed by atoms with Crippen molar-refractivity contribution < 1.29 is 0 Å². The molecule has 0 unspecified atom stereocenters. The summed E-state index contributed by atoms with van der Waals surface area (Å²) in [7, 11) is 0. The summed E-state index contributed by atoms with van der Waals surface area (Å²) < 4.78 is 0. The van der Waals surface area contributed by atoms with E-state index in [2.05, 4.69) is 18.5 Å². The van der Waals surface area contributed by atoms with Gasteiger partial charge in [0.25, 0.3) is 0 Å². The van der Waals surface area contributed by atoms with Gasteiger partial charge < -0.3 is 5.32 Å². The Bertz CT molecular complexity index is 110. The van der Waals surface area contributed by atoms with Crippen molar-refractivity contribution in [3.8, 4) is 0 Å². The summed E-state index contributed by atoms with van der Waals surface area (Å²) in [5, 5.41) is 3.16. The van der Waals surface area contributed by atoms with Crippen LogP contribution in [0.4, 0.5) is 0 Å². The second-order valence-electron chi connectivity index (χ2n) is 2.21. The maximum Gasteiger partial charge on any atom is 0.0181 e. The molecule has 0 atom stereocenters. The average molecular weight is 109 g/mol. The third-order valence-electron chi connectivity index (χ3n) is 1.32. The van der Waals surface area contributed by atoms with Crippen molar-refractivity contribution in [2.24, 2.45) is 0 Å². The number of allylic oxidation sites excluding steroid dienone is 1. The Balaban J connectivity index is 2.45. The summed E-state index contributed by atoms with van der Waals surface area (Å²) >= 11 is 0. The van der Waals surface area contributed by atoms with Gasteiger partial charge >= 0.3 is 0 Å². The Hall–Kier alpha value is -0.720. The normalized spacial score (nSPS) is 20.5. The topological polar surface area (TPSA) is 12.0 Å². The monoisotopic (exact) mass is 109 g/mol. The molecule has 0 aromatic rings. The van der Waals surface area contributed by atoms with Crippen molar-refractivity contribution in [1.82, 2.24) is 5.32 Å². The fourth-order valence-electron chi connectivity index (χ4n) is 0.869. The maximum atomic E-state index is 3.86. The predicted molar refractivity (Wildman–Crippen MR) is 35.5 cm³/mol. The third kappa shape index (κ3) is 1.12. The van der Waals surface area contributed by atoms with Crippen LogP contribution < -0.4 is 5.32 Å². The molecule has 1 aliphatic heterocycles. The minimum absolute atomic E-state index is 0.972. The summed E-state index contributed by atoms with van der Waals surface area (Å²) in [5.41, 5.74) is 2.41. The average Bonchev–Trinajstić information content (AvgIpc) is 1.64. The van der Waals surface area contributed by atoms with E-state index in [0.29, 0.717) is 0 Å². The van der Waals surface area contributed by atoms with Crippen molar-refractivity contribution >= 4 is 0 Å². The number of rotatable bonds is 0. The Kier molecular flexibility index (Phi) is 1.38. The van der Waals surface area contributed by atoms with Gasteiger partial charge in [0.15, 0.2) is 0 Å². The molecule has 44 valence electrons. The van der Waals surface area contributed by atoms with Crippen LogP contribution in [0.15, 0.2) is 24.4 Å². The number of piperidine rings is 1. The Morgan fingerprint density at radius 1 is 1.38 bits per heavy atom. The molecule has 1 fully saturated rings. The highest BCUT2D eigenvalue weighted by molar-refractivity contribution is 5.12. The van der Waals surface area contributed by atoms with Gasteiger partial charge in [-0.1, -0.05) is 18.7 Å². The molecule has 1 nitrogen and oxygen atoms in total. The molecule has 0 radical (unpaired) electrons. The third-order valence-corrected chi connectivity index (χ3v) is 1.32. The first-order chi connectivity index (χ1) is 3.79. The molecular weight excluding hydrogens is 98.1 g/mol. The fraction of sp³-hybridized carbons (Fsp3) is 0.429. The Labute approximate surface area is 50.1 Å². The fourth-order valence-corrected chi connectivity index (χ4v) is 0.869. The first-order valence-corrected chi connectivity index (χ1v) is 2.87. The van der Waals surface area contributed by atoms with Crippen LogP contribution in [0.2, 0.25) is 0 Å². The SMILES string of the molecule is C=C1CCNC(=C)C1. The largest absolute Gasteiger partial charge is 0.388 e. The van der Waals surface area contributed by atoms with Crippen LogP contribution in [0.5, 0.6) is 0 Å². The molecule has 0 amide bonds. The quantitative estimate of drug-likeness (QED) is 0.464. The molecule has 8 heavy (non-hydrogen) atoms. The maximum absolute atomic E-state index is 3.86. The molecule has 0 bridgehead atoms. The van der Waals surface area contributed by atoms with Gasteiger partial charge in [0.2, 0.25) is 0 Å². The van der Waals surface area contributed by atoms with E-state index >= 15 is 0 Å². The smallest absolute Gasteiger partial charge is 0.0181 e. The van der Waals surface area contributed by atoms with Gasteiger partial charge in [-0.2, -0.15) is 0 Å². The molecule has 0 aromatic carbocycles. The van der Waals surface area contributed by atoms with Crippen LogP contribution in [-0.2, 0) is 0 Å². The summed E-state index contributed by atoms with van der Waals surface area (Å²) in [5.74, 6) is 0. The number of nitrogens with one attached hydrogen (secondary N) is 1. The lowest BCUT2D eigenvalue weighted by atomic mass is 10.1. The highest BCUT2D eigenvalue weighted by atomic mass is 14.9. The van der Waals surface area contributed by atoms with Crippen LogP contribution in [0.3, 0.4) is 0 Å². The molecule has 1 heteroatoms. The molecule has 1 saturated heterocycles. The summed E-state index contributed by atoms with van der Waals surface area (Å²) in [4.78, 5) is 0. The second kappa shape index (κ2) is 2.03. The standard InChI is InChI=1S/C7H11N/c1-6-3-4-8-7(2)5-6/h8H,1-5H2. The zero-order valence-corrected chi connectivity index (χ0v) is 5.04. The first-order valence-electron chi connectivity index (χ1n) is 2.87. The molecular formula is C7H11N. The van der Waals surface area contributed by atoms with Gasteiger partial charge in [-0.15, -0.1) is 0 Å². The van der Waals surface area contributed by atoms with Crippen LogP contribution in [0.1, 0.15) is 12.8 Å². The Morgan fingerprint density at radius 3 is 2.50 bits per heavy atom. The van der Waals surface area contributed by atoms with Crippen molar-refractivity contribution in [3.63, 3.8) is 0 Å². The van der Waals surface area contributed by atoms with Crippen LogP contribution >= 0.6 is 0 Å². The van der Waals surface area contributed by atoms with E-state index in [-0.39, 0.29) is 0 Å². The lowest BCUT2D eigenvalue weighted by Crippen LogP contribution is -2.19. The summed E-state index contributed by atoms with van der Waals surface area (Å²) in [6.45, 7) is 8.68. The molecule has 0 spiro atoms. The van der Waals surface area contributed by atoms with E-state index in [1.54, 1.807) is 0 Å². The van der Waals surface area contributed by atoms with Gasteiger partial charge in [0.1, 0.15) is 0 Å². The minimum Gasteiger partial charge on any atom is -0.388 e. The highest BCUT2D eigenvalue weighted by Crippen LogP contribution is 2.12. The zero-order valence-electron chi connectivity index (χ0n) is 5.04. The van der Waals surface area contributed by atoms with Crippen LogP contribution in [-0.4, -0.2) is 6.54 Å². The van der Waals surface area contributed by atoms with E-state index in [4.69, 9.17) is 0 Å². The second-order valence-corrected chi connectivity index (χ2v) is 2.21. The van der Waals surface area contributed by atoms with Gasteiger partial charge in [-0.3, -0.25) is 0 Å². The van der Waals surface area contributed by atoms with Crippen molar-refractivity contribution in [2.45, 2.75) is 12.8 Å². The van der Waals surface area contributed by atoms with Gasteiger partial charge in [0.05, 0.1) is 0 Å². The van der Waals surface area contributed by atoms with Crippen molar-refractivity contribution in [1.29, 1.82) is 0 Å². The predicted octanol–water partition coefficient (Wildman–Crippen LogP) is 1.44. The lowest BCUT2D eigenvalue weighted by molar-refractivity contribution is 0.695. The zero-order chi connectivity index (χ0) is 5.98.